The van der Waals surface area contributed by atoms with Gasteiger partial charge >= 0.3 is 0 Å². The predicted molar refractivity (Wildman–Crippen MR) is 78.1 cm³/mol. The molecule has 0 amide bonds. The van der Waals surface area contributed by atoms with Gasteiger partial charge in [0.15, 0.2) is 0 Å². The largest absolute Gasteiger partial charge is 0.241 e. The van der Waals surface area contributed by atoms with Gasteiger partial charge in [-0.3, -0.25) is 0 Å². The number of benzene rings is 1. The van der Waals surface area contributed by atoms with Gasteiger partial charge in [-0.2, -0.15) is 0 Å². The van der Waals surface area contributed by atoms with E-state index in [4.69, 9.17) is 0 Å². The molecule has 0 saturated heterocycles. The zero-order valence-electron chi connectivity index (χ0n) is 11.0. The van der Waals surface area contributed by atoms with Crippen molar-refractivity contribution in [2.24, 2.45) is 5.92 Å². The Hall–Kier alpha value is -0.390. The molecule has 0 aliphatic rings. The highest BCUT2D eigenvalue weighted by Crippen LogP contribution is 2.23. The first kappa shape index (κ1) is 15.7. The van der Waals surface area contributed by atoms with E-state index < -0.39 is 10.0 Å². The van der Waals surface area contributed by atoms with E-state index in [9.17, 15) is 8.42 Å². The molecule has 5 heteroatoms. The molecule has 18 heavy (non-hydrogen) atoms. The highest BCUT2D eigenvalue weighted by molar-refractivity contribution is 9.10. The summed E-state index contributed by atoms with van der Waals surface area (Å²) in [5.74, 6) is 0.393. The fourth-order valence-corrected chi connectivity index (χ4v) is 4.01. The quantitative estimate of drug-likeness (QED) is 0.866. The summed E-state index contributed by atoms with van der Waals surface area (Å²) in [6.45, 7) is 6.57. The number of halogens is 1. The van der Waals surface area contributed by atoms with Crippen molar-refractivity contribution in [1.82, 2.24) is 4.72 Å². The Bertz CT molecular complexity index is 496. The summed E-state index contributed by atoms with van der Waals surface area (Å²) in [4.78, 5) is 0.305. The summed E-state index contributed by atoms with van der Waals surface area (Å²) < 4.78 is 27.6. The number of rotatable bonds is 6. The van der Waals surface area contributed by atoms with Crippen molar-refractivity contribution in [2.75, 3.05) is 6.54 Å². The Labute approximate surface area is 118 Å². The minimum atomic E-state index is -3.42. The SMILES string of the molecule is CCC(CC)CNS(=O)(=O)c1ccc(C)cc1Br. The van der Waals surface area contributed by atoms with Gasteiger partial charge in [-0.25, -0.2) is 13.1 Å². The van der Waals surface area contributed by atoms with Gasteiger partial charge in [-0.05, 0) is 46.5 Å². The van der Waals surface area contributed by atoms with E-state index in [0.29, 0.717) is 21.8 Å². The van der Waals surface area contributed by atoms with Gasteiger partial charge in [-0.15, -0.1) is 0 Å². The molecule has 1 aromatic carbocycles. The molecule has 0 fully saturated rings. The molecular weight excluding hydrogens is 314 g/mol. The van der Waals surface area contributed by atoms with Gasteiger partial charge in [0.25, 0.3) is 0 Å². The average Bonchev–Trinajstić information content (AvgIpc) is 2.29. The molecule has 0 aliphatic heterocycles. The fourth-order valence-electron chi connectivity index (χ4n) is 1.71. The number of hydrogen-bond donors (Lipinski definition) is 1. The average molecular weight is 334 g/mol. The number of aryl methyl sites for hydroxylation is 1. The van der Waals surface area contributed by atoms with Crippen LogP contribution in [-0.2, 0) is 10.0 Å². The van der Waals surface area contributed by atoms with Crippen LogP contribution >= 0.6 is 15.9 Å². The summed E-state index contributed by atoms with van der Waals surface area (Å²) in [5.41, 5.74) is 1.03. The second-order valence-corrected chi connectivity index (χ2v) is 7.06. The van der Waals surface area contributed by atoms with Gasteiger partial charge in [0, 0.05) is 11.0 Å². The first-order valence-electron chi connectivity index (χ1n) is 6.16. The van der Waals surface area contributed by atoms with Crippen molar-refractivity contribution < 1.29 is 8.42 Å². The van der Waals surface area contributed by atoms with Crippen LogP contribution in [0.4, 0.5) is 0 Å². The molecule has 0 unspecified atom stereocenters. The Kier molecular flexibility index (Phi) is 5.82. The third-order valence-corrected chi connectivity index (χ3v) is 5.49. The summed E-state index contributed by atoms with van der Waals surface area (Å²) >= 11 is 3.30. The first-order chi connectivity index (χ1) is 8.40. The van der Waals surface area contributed by atoms with E-state index in [2.05, 4.69) is 34.5 Å². The van der Waals surface area contributed by atoms with Crippen molar-refractivity contribution in [3.8, 4) is 0 Å². The molecule has 0 heterocycles. The molecule has 0 radical (unpaired) electrons. The minimum Gasteiger partial charge on any atom is -0.211 e. The zero-order valence-corrected chi connectivity index (χ0v) is 13.4. The Morgan fingerprint density at radius 3 is 2.39 bits per heavy atom. The maximum absolute atomic E-state index is 12.2. The molecule has 102 valence electrons. The third kappa shape index (κ3) is 4.07. The predicted octanol–water partition coefficient (Wildman–Crippen LogP) is 3.47. The molecule has 3 nitrogen and oxygen atoms in total. The monoisotopic (exact) mass is 333 g/mol. The molecule has 1 N–H and O–H groups in total. The molecule has 0 atom stereocenters. The smallest absolute Gasteiger partial charge is 0.211 e. The standard InChI is InChI=1S/C13H20BrNO2S/c1-4-11(5-2)9-15-18(16,17)13-7-6-10(3)8-12(13)14/h6-8,11,15H,4-5,9H2,1-3H3. The van der Waals surface area contributed by atoms with Crippen LogP contribution in [-0.4, -0.2) is 15.0 Å². The second-order valence-electron chi connectivity index (χ2n) is 4.47. The van der Waals surface area contributed by atoms with Crippen molar-refractivity contribution in [2.45, 2.75) is 38.5 Å². The summed E-state index contributed by atoms with van der Waals surface area (Å²) in [6, 6.07) is 5.25. The van der Waals surface area contributed by atoms with E-state index in [-0.39, 0.29) is 0 Å². The van der Waals surface area contributed by atoms with Gasteiger partial charge in [0.2, 0.25) is 10.0 Å². The lowest BCUT2D eigenvalue weighted by Crippen LogP contribution is -2.29. The van der Waals surface area contributed by atoms with Crippen LogP contribution in [0.1, 0.15) is 32.3 Å². The summed E-state index contributed by atoms with van der Waals surface area (Å²) in [6.07, 6.45) is 1.96. The van der Waals surface area contributed by atoms with Gasteiger partial charge < -0.3 is 0 Å². The maximum Gasteiger partial charge on any atom is 0.241 e. The van der Waals surface area contributed by atoms with Crippen LogP contribution < -0.4 is 4.72 Å². The molecule has 0 bridgehead atoms. The lowest BCUT2D eigenvalue weighted by Gasteiger charge is -2.14. The maximum atomic E-state index is 12.2. The Morgan fingerprint density at radius 2 is 1.89 bits per heavy atom. The number of nitrogens with one attached hydrogen (secondary N) is 1. The molecule has 0 aliphatic carbocycles. The minimum absolute atomic E-state index is 0.305. The Balaban J connectivity index is 2.86. The topological polar surface area (TPSA) is 46.2 Å². The Morgan fingerprint density at radius 1 is 1.28 bits per heavy atom. The van der Waals surface area contributed by atoms with Crippen molar-refractivity contribution in [1.29, 1.82) is 0 Å². The molecule has 0 spiro atoms. The van der Waals surface area contributed by atoms with Crippen LogP contribution in [0.5, 0.6) is 0 Å². The van der Waals surface area contributed by atoms with E-state index >= 15 is 0 Å². The van der Waals surface area contributed by atoms with Gasteiger partial charge in [0.1, 0.15) is 0 Å². The molecule has 1 rings (SSSR count). The molecule has 1 aromatic rings. The lowest BCUT2D eigenvalue weighted by molar-refractivity contribution is 0.479. The summed E-state index contributed by atoms with van der Waals surface area (Å²) in [5, 5.41) is 0. The third-order valence-electron chi connectivity index (χ3n) is 3.09. The molecule has 0 saturated carbocycles. The molecule has 0 aromatic heterocycles. The highest BCUT2D eigenvalue weighted by Gasteiger charge is 2.18. The van der Waals surface area contributed by atoms with Gasteiger partial charge in [-0.1, -0.05) is 32.8 Å². The number of sulfonamides is 1. The van der Waals surface area contributed by atoms with Crippen molar-refractivity contribution in [3.63, 3.8) is 0 Å². The number of hydrogen-bond acceptors (Lipinski definition) is 2. The van der Waals surface area contributed by atoms with Crippen LogP contribution in [0.25, 0.3) is 0 Å². The van der Waals surface area contributed by atoms with Crippen LogP contribution in [0.3, 0.4) is 0 Å². The lowest BCUT2D eigenvalue weighted by atomic mass is 10.0. The zero-order chi connectivity index (χ0) is 13.8. The second kappa shape index (κ2) is 6.68. The fraction of sp³-hybridized carbons (Fsp3) is 0.538. The molecular formula is C13H20BrNO2S. The highest BCUT2D eigenvalue weighted by atomic mass is 79.9. The van der Waals surface area contributed by atoms with Crippen LogP contribution in [0.2, 0.25) is 0 Å². The summed E-state index contributed by atoms with van der Waals surface area (Å²) in [7, 11) is -3.42. The van der Waals surface area contributed by atoms with E-state index in [0.717, 1.165) is 18.4 Å². The van der Waals surface area contributed by atoms with Crippen LogP contribution in [0, 0.1) is 12.8 Å². The van der Waals surface area contributed by atoms with E-state index in [1.54, 1.807) is 12.1 Å². The van der Waals surface area contributed by atoms with E-state index in [1.807, 2.05) is 13.0 Å². The first-order valence-corrected chi connectivity index (χ1v) is 8.44. The van der Waals surface area contributed by atoms with Gasteiger partial charge in [0.05, 0.1) is 4.90 Å². The van der Waals surface area contributed by atoms with Crippen molar-refractivity contribution >= 4 is 26.0 Å². The van der Waals surface area contributed by atoms with Crippen molar-refractivity contribution in [3.05, 3.63) is 28.2 Å². The normalized spacial score (nSPS) is 12.1. The van der Waals surface area contributed by atoms with Crippen LogP contribution in [0.15, 0.2) is 27.6 Å². The van der Waals surface area contributed by atoms with E-state index in [1.165, 1.54) is 0 Å².